The monoisotopic (exact) mass is 284 g/mol. The molecule has 0 fully saturated rings. The van der Waals surface area contributed by atoms with Crippen LogP contribution >= 0.6 is 11.8 Å². The van der Waals surface area contributed by atoms with Gasteiger partial charge in [-0.25, -0.2) is 0 Å². The van der Waals surface area contributed by atoms with Crippen molar-refractivity contribution in [3.8, 4) is 0 Å². The number of nitrogens with two attached hydrogens (primary N) is 1. The van der Waals surface area contributed by atoms with E-state index in [1.165, 1.54) is 0 Å². The highest BCUT2D eigenvalue weighted by molar-refractivity contribution is 7.98. The van der Waals surface area contributed by atoms with E-state index in [0.717, 1.165) is 23.6 Å². The fourth-order valence-corrected chi connectivity index (χ4v) is 2.85. The van der Waals surface area contributed by atoms with Gasteiger partial charge in [-0.3, -0.25) is 9.48 Å². The first-order valence-electron chi connectivity index (χ1n) is 6.46. The van der Waals surface area contributed by atoms with Crippen molar-refractivity contribution >= 4 is 23.4 Å². The van der Waals surface area contributed by atoms with Gasteiger partial charge in [0.15, 0.2) is 0 Å². The zero-order valence-electron chi connectivity index (χ0n) is 12.4. The quantitative estimate of drug-likeness (QED) is 0.863. The minimum atomic E-state index is 0.0755. The summed E-state index contributed by atoms with van der Waals surface area (Å²) in [5.41, 5.74) is 8.19. The van der Waals surface area contributed by atoms with Crippen LogP contribution < -0.4 is 5.73 Å². The fraction of sp³-hybridized carbons (Fsp3) is 0.692. The largest absolute Gasteiger partial charge is 0.396 e. The lowest BCUT2D eigenvalue weighted by Crippen LogP contribution is -2.40. The van der Waals surface area contributed by atoms with E-state index in [9.17, 15) is 4.79 Å². The van der Waals surface area contributed by atoms with Crippen molar-refractivity contribution in [3.63, 3.8) is 0 Å². The van der Waals surface area contributed by atoms with E-state index >= 15 is 0 Å². The van der Waals surface area contributed by atoms with Crippen LogP contribution in [-0.4, -0.2) is 45.7 Å². The second-order valence-corrected chi connectivity index (χ2v) is 5.67. The summed E-state index contributed by atoms with van der Waals surface area (Å²) in [4.78, 5) is 14.1. The Morgan fingerprint density at radius 2 is 2.16 bits per heavy atom. The Bertz CT molecular complexity index is 444. The van der Waals surface area contributed by atoms with E-state index < -0.39 is 0 Å². The summed E-state index contributed by atoms with van der Waals surface area (Å²) in [6.45, 7) is 6.11. The number of carbonyl (C=O) groups is 1. The number of aryl methyl sites for hydroxylation is 1. The molecule has 1 unspecified atom stereocenters. The predicted molar refractivity (Wildman–Crippen MR) is 81.3 cm³/mol. The first kappa shape index (κ1) is 15.9. The molecule has 19 heavy (non-hydrogen) atoms. The minimum absolute atomic E-state index is 0.0755. The molecular formula is C13H24N4OS. The molecule has 0 bridgehead atoms. The van der Waals surface area contributed by atoms with Crippen LogP contribution in [-0.2, 0) is 11.3 Å². The minimum Gasteiger partial charge on any atom is -0.396 e. The van der Waals surface area contributed by atoms with E-state index in [2.05, 4.69) is 18.3 Å². The second kappa shape index (κ2) is 6.84. The van der Waals surface area contributed by atoms with Gasteiger partial charge in [0.2, 0.25) is 5.91 Å². The molecule has 0 spiro atoms. The molecule has 6 heteroatoms. The predicted octanol–water partition coefficient (Wildman–Crippen LogP) is 1.68. The normalized spacial score (nSPS) is 12.5. The van der Waals surface area contributed by atoms with Crippen molar-refractivity contribution < 1.29 is 4.79 Å². The van der Waals surface area contributed by atoms with Gasteiger partial charge in [0.25, 0.3) is 0 Å². The van der Waals surface area contributed by atoms with Crippen LogP contribution in [0.2, 0.25) is 0 Å². The Morgan fingerprint density at radius 1 is 1.53 bits per heavy atom. The molecular weight excluding hydrogens is 260 g/mol. The van der Waals surface area contributed by atoms with Gasteiger partial charge in [-0.15, -0.1) is 0 Å². The molecule has 1 aromatic heterocycles. The van der Waals surface area contributed by atoms with E-state index in [4.69, 9.17) is 5.73 Å². The van der Waals surface area contributed by atoms with Gasteiger partial charge in [0.1, 0.15) is 6.54 Å². The Hall–Kier alpha value is -1.17. The third-order valence-electron chi connectivity index (χ3n) is 3.49. The molecule has 0 aliphatic heterocycles. The van der Waals surface area contributed by atoms with E-state index in [-0.39, 0.29) is 18.5 Å². The van der Waals surface area contributed by atoms with Gasteiger partial charge in [-0.05, 0) is 26.5 Å². The van der Waals surface area contributed by atoms with Crippen molar-refractivity contribution in [2.45, 2.75) is 39.8 Å². The molecule has 1 rings (SSSR count). The molecule has 0 radical (unpaired) electrons. The van der Waals surface area contributed by atoms with Gasteiger partial charge < -0.3 is 10.6 Å². The van der Waals surface area contributed by atoms with Crippen molar-refractivity contribution in [3.05, 3.63) is 11.4 Å². The molecule has 2 N–H and O–H groups in total. The number of hydrogen-bond acceptors (Lipinski definition) is 4. The van der Waals surface area contributed by atoms with Gasteiger partial charge in [-0.2, -0.15) is 16.9 Å². The highest BCUT2D eigenvalue weighted by Gasteiger charge is 2.19. The maximum Gasteiger partial charge on any atom is 0.244 e. The third kappa shape index (κ3) is 3.65. The molecule has 0 saturated carbocycles. The lowest BCUT2D eigenvalue weighted by molar-refractivity contribution is -0.132. The zero-order valence-corrected chi connectivity index (χ0v) is 13.3. The topological polar surface area (TPSA) is 64.2 Å². The molecule has 108 valence electrons. The number of aromatic nitrogens is 2. The lowest BCUT2D eigenvalue weighted by atomic mass is 10.2. The van der Waals surface area contributed by atoms with Crippen LogP contribution in [0.25, 0.3) is 0 Å². The van der Waals surface area contributed by atoms with E-state index in [1.807, 2.05) is 25.8 Å². The maximum absolute atomic E-state index is 12.3. The summed E-state index contributed by atoms with van der Waals surface area (Å²) in [6.07, 6.45) is 3.02. The molecule has 0 aliphatic carbocycles. The second-order valence-electron chi connectivity index (χ2n) is 4.76. The first-order chi connectivity index (χ1) is 8.92. The number of anilines is 1. The van der Waals surface area contributed by atoms with Gasteiger partial charge >= 0.3 is 0 Å². The smallest absolute Gasteiger partial charge is 0.244 e. The molecule has 1 aromatic rings. The first-order valence-corrected chi connectivity index (χ1v) is 7.85. The molecule has 5 nitrogen and oxygen atoms in total. The lowest BCUT2D eigenvalue weighted by Gasteiger charge is -2.27. The number of nitrogen functional groups attached to an aromatic ring is 1. The summed E-state index contributed by atoms with van der Waals surface area (Å²) in [5, 5.41) is 4.30. The molecule has 0 saturated heterocycles. The van der Waals surface area contributed by atoms with Crippen molar-refractivity contribution in [2.75, 3.05) is 24.8 Å². The van der Waals surface area contributed by atoms with Crippen LogP contribution in [0.4, 0.5) is 5.69 Å². The summed E-state index contributed by atoms with van der Waals surface area (Å²) >= 11 is 1.76. The Morgan fingerprint density at radius 3 is 2.58 bits per heavy atom. The van der Waals surface area contributed by atoms with Crippen LogP contribution in [0.3, 0.4) is 0 Å². The SMILES string of the molecule is CCC(CSC)N(C)C(=O)Cn1nc(C)c(N)c1C. The molecule has 0 aliphatic rings. The van der Waals surface area contributed by atoms with Crippen molar-refractivity contribution in [2.24, 2.45) is 0 Å². The maximum atomic E-state index is 12.3. The van der Waals surface area contributed by atoms with Gasteiger partial charge in [0, 0.05) is 18.8 Å². The van der Waals surface area contributed by atoms with Gasteiger partial charge in [0.05, 0.1) is 17.1 Å². The van der Waals surface area contributed by atoms with Crippen LogP contribution in [0.1, 0.15) is 24.7 Å². The number of thioether (sulfide) groups is 1. The number of rotatable bonds is 6. The molecule has 1 heterocycles. The Kier molecular flexibility index (Phi) is 5.72. The zero-order chi connectivity index (χ0) is 14.6. The van der Waals surface area contributed by atoms with Gasteiger partial charge in [-0.1, -0.05) is 6.92 Å². The van der Waals surface area contributed by atoms with Crippen molar-refractivity contribution in [1.29, 1.82) is 0 Å². The third-order valence-corrected chi connectivity index (χ3v) is 4.21. The van der Waals surface area contributed by atoms with E-state index in [1.54, 1.807) is 16.4 Å². The highest BCUT2D eigenvalue weighted by Crippen LogP contribution is 2.15. The van der Waals surface area contributed by atoms with E-state index in [0.29, 0.717) is 5.69 Å². The Labute approximate surface area is 119 Å². The molecule has 1 amide bonds. The summed E-state index contributed by atoms with van der Waals surface area (Å²) in [6, 6.07) is 0.275. The summed E-state index contributed by atoms with van der Waals surface area (Å²) in [7, 11) is 1.86. The number of likely N-dealkylation sites (N-methyl/N-ethyl adjacent to an activating group) is 1. The standard InChI is InChI=1S/C13H24N4OS/c1-6-11(8-19-5)16(4)12(18)7-17-10(3)13(14)9(2)15-17/h11H,6-8,14H2,1-5H3. The summed E-state index contributed by atoms with van der Waals surface area (Å²) in [5.74, 6) is 1.03. The fourth-order valence-electron chi connectivity index (χ4n) is 2.00. The number of nitrogens with zero attached hydrogens (tertiary/aromatic N) is 3. The highest BCUT2D eigenvalue weighted by atomic mass is 32.2. The average molecular weight is 284 g/mol. The van der Waals surface area contributed by atoms with Crippen LogP contribution in [0, 0.1) is 13.8 Å². The number of amides is 1. The van der Waals surface area contributed by atoms with Crippen LogP contribution in [0.15, 0.2) is 0 Å². The average Bonchev–Trinajstić information content (AvgIpc) is 2.62. The summed E-state index contributed by atoms with van der Waals surface area (Å²) < 4.78 is 1.69. The number of hydrogen-bond donors (Lipinski definition) is 1. The van der Waals surface area contributed by atoms with Crippen molar-refractivity contribution in [1.82, 2.24) is 14.7 Å². The number of carbonyl (C=O) groups excluding carboxylic acids is 1. The molecule has 0 aromatic carbocycles. The molecule has 1 atom stereocenters. The van der Waals surface area contributed by atoms with Crippen LogP contribution in [0.5, 0.6) is 0 Å². The Balaban J connectivity index is 2.75.